The van der Waals surface area contributed by atoms with Crippen molar-refractivity contribution in [3.63, 3.8) is 0 Å². The normalized spacial score (nSPS) is 16.6. The molecule has 8 heteroatoms. The molecule has 2 rings (SSSR count). The van der Waals surface area contributed by atoms with E-state index in [-0.39, 0.29) is 5.95 Å². The second-order valence-corrected chi connectivity index (χ2v) is 3.61. The molecule has 1 aliphatic rings. The van der Waals surface area contributed by atoms with Gasteiger partial charge in [-0.25, -0.2) is 4.57 Å². The third-order valence-corrected chi connectivity index (χ3v) is 2.50. The smallest absolute Gasteiger partial charge is 0.390 e. The highest BCUT2D eigenvalue weighted by Gasteiger charge is 2.16. The Morgan fingerprint density at radius 1 is 1.59 bits per heavy atom. The Kier molecular flexibility index (Phi) is 3.33. The number of nitrogens with zero attached hydrogens (tertiary/aromatic N) is 5. The van der Waals surface area contributed by atoms with Gasteiger partial charge in [0.05, 0.1) is 39.6 Å². The van der Waals surface area contributed by atoms with Crippen LogP contribution in [-0.2, 0) is 11.8 Å². The summed E-state index contributed by atoms with van der Waals surface area (Å²) in [5, 5.41) is 16.7. The summed E-state index contributed by atoms with van der Waals surface area (Å²) in [6.07, 6.45) is 3.01. The van der Waals surface area contributed by atoms with Crippen LogP contribution in [0.2, 0.25) is 0 Å². The highest BCUT2D eigenvalue weighted by atomic mass is 16.6. The highest BCUT2D eigenvalue weighted by molar-refractivity contribution is 5.77. The van der Waals surface area contributed by atoms with Crippen LogP contribution >= 0.6 is 0 Å². The number of hydrogen-bond acceptors (Lipinski definition) is 6. The van der Waals surface area contributed by atoms with Gasteiger partial charge in [-0.05, 0) is 4.92 Å². The number of morpholine rings is 1. The van der Waals surface area contributed by atoms with E-state index < -0.39 is 4.92 Å². The van der Waals surface area contributed by atoms with Crippen molar-refractivity contribution < 1.29 is 9.66 Å². The fourth-order valence-corrected chi connectivity index (χ4v) is 1.51. The molecule has 0 saturated carbocycles. The lowest BCUT2D eigenvalue weighted by molar-refractivity contribution is -0.396. The molecule has 0 radical (unpaired) electrons. The van der Waals surface area contributed by atoms with Gasteiger partial charge in [0, 0.05) is 0 Å². The van der Waals surface area contributed by atoms with Crippen LogP contribution < -0.4 is 0 Å². The summed E-state index contributed by atoms with van der Waals surface area (Å²) in [5.74, 6) is -0.187. The Hall–Kier alpha value is -1.96. The van der Waals surface area contributed by atoms with E-state index in [1.165, 1.54) is 10.8 Å². The maximum Gasteiger partial charge on any atom is 0.434 e. The predicted octanol–water partition coefficient (Wildman–Crippen LogP) is -0.00560. The van der Waals surface area contributed by atoms with Gasteiger partial charge >= 0.3 is 5.95 Å². The third-order valence-electron chi connectivity index (χ3n) is 2.50. The average molecular weight is 239 g/mol. The molecular formula is C9H13N5O3. The molecule has 0 aromatic carbocycles. The topological polar surface area (TPSA) is 85.8 Å². The van der Waals surface area contributed by atoms with Gasteiger partial charge in [-0.3, -0.25) is 5.01 Å². The number of ether oxygens (including phenoxy) is 1. The summed E-state index contributed by atoms with van der Waals surface area (Å²) in [6.45, 7) is 2.78. The third kappa shape index (κ3) is 2.59. The van der Waals surface area contributed by atoms with Gasteiger partial charge in [0.1, 0.15) is 6.20 Å². The molecule has 8 nitrogen and oxygen atoms in total. The van der Waals surface area contributed by atoms with Crippen LogP contribution in [0.15, 0.2) is 11.3 Å². The van der Waals surface area contributed by atoms with Gasteiger partial charge < -0.3 is 14.9 Å². The molecule has 0 N–H and O–H groups in total. The second kappa shape index (κ2) is 4.91. The molecule has 17 heavy (non-hydrogen) atoms. The van der Waals surface area contributed by atoms with E-state index in [9.17, 15) is 10.1 Å². The fourth-order valence-electron chi connectivity index (χ4n) is 1.51. The first kappa shape index (κ1) is 11.5. The first-order chi connectivity index (χ1) is 8.18. The van der Waals surface area contributed by atoms with E-state index in [0.29, 0.717) is 18.9 Å². The van der Waals surface area contributed by atoms with E-state index in [0.717, 1.165) is 13.1 Å². The molecule has 0 atom stereocenters. The van der Waals surface area contributed by atoms with Crippen molar-refractivity contribution in [2.45, 2.75) is 0 Å². The lowest BCUT2D eigenvalue weighted by Crippen LogP contribution is -2.32. The SMILES string of the molecule is Cn1c(/C=N/N2CCOCC2)cnc1[N+](=O)[O-]. The number of nitro groups is 1. The van der Waals surface area contributed by atoms with Crippen molar-refractivity contribution in [2.24, 2.45) is 12.1 Å². The van der Waals surface area contributed by atoms with Crippen molar-refractivity contribution in [3.05, 3.63) is 22.0 Å². The zero-order valence-electron chi connectivity index (χ0n) is 9.44. The van der Waals surface area contributed by atoms with Crippen LogP contribution in [0, 0.1) is 10.1 Å². The van der Waals surface area contributed by atoms with Crippen LogP contribution in [0.25, 0.3) is 0 Å². The second-order valence-electron chi connectivity index (χ2n) is 3.61. The largest absolute Gasteiger partial charge is 0.434 e. The van der Waals surface area contributed by atoms with Gasteiger partial charge in [-0.1, -0.05) is 4.98 Å². The van der Waals surface area contributed by atoms with Crippen molar-refractivity contribution in [3.8, 4) is 0 Å². The first-order valence-corrected chi connectivity index (χ1v) is 5.21. The van der Waals surface area contributed by atoms with Crippen LogP contribution in [0.1, 0.15) is 5.69 Å². The summed E-state index contributed by atoms with van der Waals surface area (Å²) in [4.78, 5) is 13.8. The van der Waals surface area contributed by atoms with Crippen LogP contribution in [0.4, 0.5) is 5.95 Å². The van der Waals surface area contributed by atoms with Crippen LogP contribution in [0.3, 0.4) is 0 Å². The Morgan fingerprint density at radius 2 is 2.29 bits per heavy atom. The van der Waals surface area contributed by atoms with Crippen molar-refractivity contribution >= 4 is 12.2 Å². The summed E-state index contributed by atoms with van der Waals surface area (Å²) in [7, 11) is 1.59. The van der Waals surface area contributed by atoms with E-state index in [1.807, 2.05) is 5.01 Å². The minimum atomic E-state index is -0.522. The van der Waals surface area contributed by atoms with Crippen molar-refractivity contribution in [1.29, 1.82) is 0 Å². The van der Waals surface area contributed by atoms with Crippen LogP contribution in [0.5, 0.6) is 0 Å². The molecule has 92 valence electrons. The van der Waals surface area contributed by atoms with E-state index in [2.05, 4.69) is 10.1 Å². The number of imidazole rings is 1. The lowest BCUT2D eigenvalue weighted by atomic mass is 10.5. The zero-order chi connectivity index (χ0) is 12.3. The monoisotopic (exact) mass is 239 g/mol. The maximum atomic E-state index is 10.6. The van der Waals surface area contributed by atoms with E-state index in [4.69, 9.17) is 4.74 Å². The predicted molar refractivity (Wildman–Crippen MR) is 59.8 cm³/mol. The number of hydrazone groups is 1. The standard InChI is InChI=1S/C9H13N5O3/c1-12-8(6-10-9(12)14(15)16)7-11-13-2-4-17-5-3-13/h6-7H,2-5H2,1H3/b11-7+. The molecule has 0 unspecified atom stereocenters. The summed E-state index contributed by atoms with van der Waals surface area (Å²) < 4.78 is 6.58. The molecule has 0 aliphatic carbocycles. The van der Waals surface area contributed by atoms with Gasteiger partial charge in [0.2, 0.25) is 0 Å². The number of aromatic nitrogens is 2. The molecular weight excluding hydrogens is 226 g/mol. The van der Waals surface area contributed by atoms with Crippen LogP contribution in [-0.4, -0.2) is 52.0 Å². The molecule has 0 bridgehead atoms. The first-order valence-electron chi connectivity index (χ1n) is 5.21. The van der Waals surface area contributed by atoms with Gasteiger partial charge in [0.15, 0.2) is 5.69 Å². The zero-order valence-corrected chi connectivity index (χ0v) is 9.44. The Bertz CT molecular complexity index is 436. The Labute approximate surface area is 97.6 Å². The minimum absolute atomic E-state index is 0.187. The molecule has 1 saturated heterocycles. The average Bonchev–Trinajstić information content (AvgIpc) is 2.69. The molecule has 1 aromatic heterocycles. The van der Waals surface area contributed by atoms with Crippen molar-refractivity contribution in [2.75, 3.05) is 26.3 Å². The maximum absolute atomic E-state index is 10.6. The lowest BCUT2D eigenvalue weighted by Gasteiger charge is -2.23. The number of rotatable bonds is 3. The minimum Gasteiger partial charge on any atom is -0.390 e. The summed E-state index contributed by atoms with van der Waals surface area (Å²) in [5.41, 5.74) is 0.600. The van der Waals surface area contributed by atoms with Crippen molar-refractivity contribution in [1.82, 2.24) is 14.6 Å². The van der Waals surface area contributed by atoms with Gasteiger partial charge in [0.25, 0.3) is 0 Å². The molecule has 1 aromatic rings. The molecule has 1 aliphatic heterocycles. The molecule has 0 spiro atoms. The quantitative estimate of drug-likeness (QED) is 0.421. The molecule has 1 fully saturated rings. The summed E-state index contributed by atoms with van der Waals surface area (Å²) >= 11 is 0. The fraction of sp³-hybridized carbons (Fsp3) is 0.556. The Balaban J connectivity index is 2.07. The summed E-state index contributed by atoms with van der Waals surface area (Å²) in [6, 6.07) is 0. The molecule has 2 heterocycles. The highest BCUT2D eigenvalue weighted by Crippen LogP contribution is 2.09. The Morgan fingerprint density at radius 3 is 2.88 bits per heavy atom. The van der Waals surface area contributed by atoms with E-state index >= 15 is 0 Å². The van der Waals surface area contributed by atoms with E-state index in [1.54, 1.807) is 13.3 Å². The molecule has 0 amide bonds. The van der Waals surface area contributed by atoms with Gasteiger partial charge in [-0.15, -0.1) is 0 Å². The number of hydrogen-bond donors (Lipinski definition) is 0. The van der Waals surface area contributed by atoms with Gasteiger partial charge in [-0.2, -0.15) is 5.10 Å².